The second kappa shape index (κ2) is 1.60. The molecule has 0 spiro atoms. The molecule has 0 aliphatic heterocycles. The zero-order chi connectivity index (χ0) is 7.59. The molecule has 0 saturated heterocycles. The second-order valence-electron chi connectivity index (χ2n) is 4.24. The Morgan fingerprint density at radius 2 is 1.82 bits per heavy atom. The van der Waals surface area contributed by atoms with Crippen molar-refractivity contribution in [2.45, 2.75) is 13.3 Å². The first-order valence-electron chi connectivity index (χ1n) is 4.48. The van der Waals surface area contributed by atoms with Crippen molar-refractivity contribution in [2.75, 3.05) is 0 Å². The maximum absolute atomic E-state index is 11.1. The molecule has 1 unspecified atom stereocenters. The van der Waals surface area contributed by atoms with Crippen molar-refractivity contribution in [3.63, 3.8) is 0 Å². The standard InChI is InChI=1S/C10H12O/c1-5(11)8-9-6-2-3-7(4-6)10(8)9/h2-3,6-10H,4H2,1H3/t6-,7+,8?,9-,10+. The van der Waals surface area contributed by atoms with Crippen LogP contribution in [0, 0.1) is 29.6 Å². The van der Waals surface area contributed by atoms with Gasteiger partial charge in [-0.3, -0.25) is 4.79 Å². The molecule has 2 fully saturated rings. The van der Waals surface area contributed by atoms with Crippen molar-refractivity contribution in [2.24, 2.45) is 29.6 Å². The largest absolute Gasteiger partial charge is 0.300 e. The summed E-state index contributed by atoms with van der Waals surface area (Å²) in [4.78, 5) is 11.1. The molecule has 11 heavy (non-hydrogen) atoms. The van der Waals surface area contributed by atoms with Gasteiger partial charge in [-0.25, -0.2) is 0 Å². The van der Waals surface area contributed by atoms with Gasteiger partial charge in [0.05, 0.1) is 0 Å². The van der Waals surface area contributed by atoms with Crippen LogP contribution in [0.15, 0.2) is 12.2 Å². The highest BCUT2D eigenvalue weighted by molar-refractivity contribution is 5.82. The van der Waals surface area contributed by atoms with Crippen molar-refractivity contribution >= 4 is 5.78 Å². The average Bonchev–Trinajstić information content (AvgIpc) is 2.44. The van der Waals surface area contributed by atoms with E-state index in [1.165, 1.54) is 6.42 Å². The number of fused-ring (bicyclic) bond motifs is 5. The third-order valence-corrected chi connectivity index (χ3v) is 3.74. The van der Waals surface area contributed by atoms with Crippen molar-refractivity contribution in [3.05, 3.63) is 12.2 Å². The Hall–Kier alpha value is -0.590. The van der Waals surface area contributed by atoms with Gasteiger partial charge in [0, 0.05) is 5.92 Å². The SMILES string of the molecule is CC(=O)C1[C@@H]2[C@H]1[C@H]1C=C[C@@H]2C1. The van der Waals surface area contributed by atoms with Crippen LogP contribution >= 0.6 is 0 Å². The fourth-order valence-corrected chi connectivity index (χ4v) is 3.33. The van der Waals surface area contributed by atoms with Gasteiger partial charge in [-0.1, -0.05) is 12.2 Å². The van der Waals surface area contributed by atoms with Crippen LogP contribution in [0.1, 0.15) is 13.3 Å². The summed E-state index contributed by atoms with van der Waals surface area (Å²) in [5.74, 6) is 3.97. The Balaban J connectivity index is 1.90. The molecular formula is C10H12O. The zero-order valence-electron chi connectivity index (χ0n) is 6.66. The molecule has 0 aromatic rings. The highest BCUT2D eigenvalue weighted by Gasteiger charge is 2.64. The van der Waals surface area contributed by atoms with Crippen LogP contribution < -0.4 is 0 Å². The first kappa shape index (κ1) is 5.99. The van der Waals surface area contributed by atoms with Crippen molar-refractivity contribution in [1.82, 2.24) is 0 Å². The molecular weight excluding hydrogens is 136 g/mol. The molecule has 0 heterocycles. The number of hydrogen-bond donors (Lipinski definition) is 0. The van der Waals surface area contributed by atoms with Gasteiger partial charge in [-0.15, -0.1) is 0 Å². The molecule has 2 saturated carbocycles. The Kier molecular flexibility index (Phi) is 0.869. The molecule has 58 valence electrons. The molecule has 0 radical (unpaired) electrons. The lowest BCUT2D eigenvalue weighted by Crippen LogP contribution is -2.05. The molecule has 1 nitrogen and oxygen atoms in total. The van der Waals surface area contributed by atoms with E-state index < -0.39 is 0 Å². The third kappa shape index (κ3) is 0.559. The lowest BCUT2D eigenvalue weighted by Gasteiger charge is -2.04. The third-order valence-electron chi connectivity index (χ3n) is 3.74. The van der Waals surface area contributed by atoms with Gasteiger partial charge >= 0.3 is 0 Å². The number of hydrogen-bond acceptors (Lipinski definition) is 1. The van der Waals surface area contributed by atoms with Gasteiger partial charge in [-0.05, 0) is 37.0 Å². The summed E-state index contributed by atoms with van der Waals surface area (Å²) in [6.45, 7) is 1.75. The number of carbonyl (C=O) groups is 1. The molecule has 0 aromatic heterocycles. The first-order valence-corrected chi connectivity index (χ1v) is 4.48. The average molecular weight is 148 g/mol. The summed E-state index contributed by atoms with van der Waals surface area (Å²) in [6.07, 6.45) is 6.00. The van der Waals surface area contributed by atoms with E-state index in [0.717, 1.165) is 23.7 Å². The lowest BCUT2D eigenvalue weighted by atomic mass is 9.99. The summed E-state index contributed by atoms with van der Waals surface area (Å²) in [5, 5.41) is 0. The number of allylic oxidation sites excluding steroid dienone is 2. The Morgan fingerprint density at radius 1 is 1.27 bits per heavy atom. The Labute approximate surface area is 66.5 Å². The van der Waals surface area contributed by atoms with E-state index >= 15 is 0 Å². The van der Waals surface area contributed by atoms with Gasteiger partial charge < -0.3 is 0 Å². The topological polar surface area (TPSA) is 17.1 Å². The number of ketones is 1. The smallest absolute Gasteiger partial charge is 0.133 e. The molecule has 3 aliphatic carbocycles. The van der Waals surface area contributed by atoms with Gasteiger partial charge in [-0.2, -0.15) is 0 Å². The highest BCUT2D eigenvalue weighted by atomic mass is 16.1. The van der Waals surface area contributed by atoms with Crippen LogP contribution in [-0.2, 0) is 4.79 Å². The van der Waals surface area contributed by atoms with E-state index in [9.17, 15) is 4.79 Å². The van der Waals surface area contributed by atoms with E-state index in [1.807, 2.05) is 0 Å². The van der Waals surface area contributed by atoms with Crippen molar-refractivity contribution in [3.8, 4) is 0 Å². The summed E-state index contributed by atoms with van der Waals surface area (Å²) in [6, 6.07) is 0. The predicted molar refractivity (Wildman–Crippen MR) is 41.9 cm³/mol. The van der Waals surface area contributed by atoms with Crippen LogP contribution in [0.2, 0.25) is 0 Å². The van der Waals surface area contributed by atoms with Crippen molar-refractivity contribution < 1.29 is 4.79 Å². The van der Waals surface area contributed by atoms with Gasteiger partial charge in [0.15, 0.2) is 0 Å². The predicted octanol–water partition coefficient (Wildman–Crippen LogP) is 1.64. The van der Waals surface area contributed by atoms with E-state index in [0.29, 0.717) is 11.7 Å². The number of rotatable bonds is 1. The summed E-state index contributed by atoms with van der Waals surface area (Å²) >= 11 is 0. The van der Waals surface area contributed by atoms with Gasteiger partial charge in [0.25, 0.3) is 0 Å². The van der Waals surface area contributed by atoms with E-state index in [1.54, 1.807) is 6.92 Å². The van der Waals surface area contributed by atoms with Crippen LogP contribution in [0.25, 0.3) is 0 Å². The van der Waals surface area contributed by atoms with Crippen LogP contribution in [0.3, 0.4) is 0 Å². The maximum Gasteiger partial charge on any atom is 0.133 e. The van der Waals surface area contributed by atoms with E-state index in [4.69, 9.17) is 0 Å². The molecule has 3 rings (SSSR count). The fraction of sp³-hybridized carbons (Fsp3) is 0.700. The van der Waals surface area contributed by atoms with Crippen LogP contribution in [-0.4, -0.2) is 5.78 Å². The summed E-state index contributed by atoms with van der Waals surface area (Å²) < 4.78 is 0. The lowest BCUT2D eigenvalue weighted by molar-refractivity contribution is -0.119. The highest BCUT2D eigenvalue weighted by Crippen LogP contribution is 2.66. The van der Waals surface area contributed by atoms with E-state index in [-0.39, 0.29) is 0 Å². The second-order valence-corrected chi connectivity index (χ2v) is 4.24. The zero-order valence-corrected chi connectivity index (χ0v) is 6.66. The number of carbonyl (C=O) groups excluding carboxylic acids is 1. The van der Waals surface area contributed by atoms with Gasteiger partial charge in [0.2, 0.25) is 0 Å². The Bertz CT molecular complexity index is 236. The molecule has 1 heteroatoms. The molecule has 3 aliphatic rings. The molecule has 0 amide bonds. The molecule has 0 aromatic carbocycles. The normalized spacial score (nSPS) is 56.3. The van der Waals surface area contributed by atoms with E-state index in [2.05, 4.69) is 12.2 Å². The molecule has 0 N–H and O–H groups in total. The first-order chi connectivity index (χ1) is 5.29. The minimum Gasteiger partial charge on any atom is -0.300 e. The maximum atomic E-state index is 11.1. The molecule has 5 atom stereocenters. The Morgan fingerprint density at radius 3 is 2.27 bits per heavy atom. The summed E-state index contributed by atoms with van der Waals surface area (Å²) in [7, 11) is 0. The minimum atomic E-state index is 0.429. The minimum absolute atomic E-state index is 0.429. The fourth-order valence-electron chi connectivity index (χ4n) is 3.33. The monoisotopic (exact) mass is 148 g/mol. The summed E-state index contributed by atoms with van der Waals surface area (Å²) in [5.41, 5.74) is 0. The van der Waals surface area contributed by atoms with Gasteiger partial charge in [0.1, 0.15) is 5.78 Å². The van der Waals surface area contributed by atoms with Crippen molar-refractivity contribution in [1.29, 1.82) is 0 Å². The molecule has 2 bridgehead atoms. The van der Waals surface area contributed by atoms with Crippen LogP contribution in [0.4, 0.5) is 0 Å². The number of Topliss-reactive ketones (excluding diaryl/α,β-unsaturated/α-hetero) is 1. The van der Waals surface area contributed by atoms with Crippen LogP contribution in [0.5, 0.6) is 0 Å². The quantitative estimate of drug-likeness (QED) is 0.517.